The average molecular weight is 390 g/mol. The summed E-state index contributed by atoms with van der Waals surface area (Å²) in [5.74, 6) is -3.22. The van der Waals surface area contributed by atoms with E-state index in [0.29, 0.717) is 0 Å². The highest BCUT2D eigenvalue weighted by atomic mass is 16.2. The Morgan fingerprint density at radius 1 is 0.828 bits per heavy atom. The molecule has 0 bridgehead atoms. The number of amides is 4. The summed E-state index contributed by atoms with van der Waals surface area (Å²) >= 11 is 0. The van der Waals surface area contributed by atoms with E-state index in [0.717, 1.165) is 16.7 Å². The van der Waals surface area contributed by atoms with Crippen LogP contribution >= 0.6 is 0 Å². The zero-order valence-electron chi connectivity index (χ0n) is 16.3. The topological polar surface area (TPSA) is 92.3 Å². The summed E-state index contributed by atoms with van der Waals surface area (Å²) < 4.78 is 0. The van der Waals surface area contributed by atoms with Crippen LogP contribution in [0.5, 0.6) is 0 Å². The Morgan fingerprint density at radius 3 is 2.00 bits per heavy atom. The van der Waals surface area contributed by atoms with Gasteiger partial charge in [-0.2, -0.15) is 0 Å². The van der Waals surface area contributed by atoms with Crippen molar-refractivity contribution in [3.63, 3.8) is 0 Å². The predicted molar refractivity (Wildman–Crippen MR) is 106 cm³/mol. The Kier molecular flexibility index (Phi) is 4.57. The van der Waals surface area contributed by atoms with E-state index in [1.807, 2.05) is 61.5 Å². The van der Waals surface area contributed by atoms with Gasteiger partial charge < -0.3 is 0 Å². The zero-order valence-corrected chi connectivity index (χ0v) is 16.3. The van der Waals surface area contributed by atoms with E-state index in [1.54, 1.807) is 6.92 Å². The van der Waals surface area contributed by atoms with Gasteiger partial charge in [0.2, 0.25) is 11.8 Å². The smallest absolute Gasteiger partial charge is 0.299 e. The molecule has 148 valence electrons. The minimum absolute atomic E-state index is 0.00690. The maximum absolute atomic E-state index is 13.4. The highest BCUT2D eigenvalue weighted by molar-refractivity contribution is 6.21. The van der Waals surface area contributed by atoms with Gasteiger partial charge in [0.25, 0.3) is 0 Å². The molecule has 6 nitrogen and oxygen atoms in total. The second kappa shape index (κ2) is 6.95. The van der Waals surface area contributed by atoms with Crippen LogP contribution in [0.3, 0.4) is 0 Å². The maximum Gasteiger partial charge on any atom is 0.328 e. The number of hydrogen-bond donors (Lipinski definition) is 2. The van der Waals surface area contributed by atoms with Gasteiger partial charge in [-0.3, -0.25) is 25.0 Å². The van der Waals surface area contributed by atoms with E-state index in [9.17, 15) is 19.2 Å². The van der Waals surface area contributed by atoms with Crippen LogP contribution < -0.4 is 10.6 Å². The Bertz CT molecular complexity index is 977. The number of nitrogens with one attached hydrogen (secondary N) is 2. The highest BCUT2D eigenvalue weighted by Gasteiger charge is 2.65. The minimum Gasteiger partial charge on any atom is -0.299 e. The van der Waals surface area contributed by atoms with Crippen molar-refractivity contribution in [3.05, 3.63) is 71.3 Å². The summed E-state index contributed by atoms with van der Waals surface area (Å²) in [6, 6.07) is 15.8. The maximum atomic E-state index is 13.4. The van der Waals surface area contributed by atoms with Crippen molar-refractivity contribution < 1.29 is 19.2 Å². The third kappa shape index (κ3) is 2.87. The number of carbonyl (C=O) groups is 4. The molecule has 0 radical (unpaired) electrons. The monoisotopic (exact) mass is 390 g/mol. The van der Waals surface area contributed by atoms with Crippen LogP contribution in [0.4, 0.5) is 4.79 Å². The lowest BCUT2D eigenvalue weighted by atomic mass is 9.51. The molecule has 1 heterocycles. The average Bonchev–Trinajstić information content (AvgIpc) is 2.69. The number of Topliss-reactive ketones (excluding diaryl/α,β-unsaturated/α-hetero) is 1. The number of carbonyl (C=O) groups excluding carboxylic acids is 4. The molecule has 29 heavy (non-hydrogen) atoms. The number of barbiturate groups is 1. The molecule has 0 aromatic heterocycles. The highest BCUT2D eigenvalue weighted by Crippen LogP contribution is 2.57. The van der Waals surface area contributed by atoms with Gasteiger partial charge in [0.15, 0.2) is 0 Å². The molecule has 4 rings (SSSR count). The standard InChI is InChI=1S/C23H22N2O4/c1-13-8-10-15(11-9-13)17-12-18(26)14(2)19(16-6-4-3-5-7-16)23(17)20(27)24-22(29)25-21(23)28/h3-11,14,17,19H,12H2,1-2H3,(H2,24,25,27,28,29)/t14-,17+,19-/m0/s1. The zero-order chi connectivity index (χ0) is 20.8. The fourth-order valence-corrected chi connectivity index (χ4v) is 4.88. The molecule has 3 atom stereocenters. The Morgan fingerprint density at radius 2 is 1.41 bits per heavy atom. The molecule has 4 amide bonds. The number of aryl methyl sites for hydroxylation is 1. The Balaban J connectivity index is 1.98. The van der Waals surface area contributed by atoms with Crippen molar-refractivity contribution in [1.29, 1.82) is 0 Å². The van der Waals surface area contributed by atoms with E-state index in [4.69, 9.17) is 0 Å². The SMILES string of the molecule is Cc1ccc([C@H]2CC(=O)[C@H](C)[C@@H](c3ccccc3)C23C(=O)NC(=O)NC3=O)cc1. The first-order chi connectivity index (χ1) is 13.9. The molecule has 1 saturated heterocycles. The van der Waals surface area contributed by atoms with Gasteiger partial charge in [0.05, 0.1) is 0 Å². The third-order valence-corrected chi connectivity index (χ3v) is 6.30. The van der Waals surface area contributed by atoms with Gasteiger partial charge in [-0.1, -0.05) is 67.1 Å². The van der Waals surface area contributed by atoms with E-state index in [1.165, 1.54) is 0 Å². The first-order valence-electron chi connectivity index (χ1n) is 9.66. The van der Waals surface area contributed by atoms with Crippen LogP contribution in [0.15, 0.2) is 54.6 Å². The molecular formula is C23H22N2O4. The number of imide groups is 2. The molecule has 1 aliphatic carbocycles. The second-order valence-electron chi connectivity index (χ2n) is 7.92. The molecule has 1 saturated carbocycles. The molecule has 2 aliphatic rings. The lowest BCUT2D eigenvalue weighted by molar-refractivity contribution is -0.154. The fourth-order valence-electron chi connectivity index (χ4n) is 4.88. The van der Waals surface area contributed by atoms with Crippen molar-refractivity contribution in [1.82, 2.24) is 10.6 Å². The molecule has 6 heteroatoms. The second-order valence-corrected chi connectivity index (χ2v) is 7.92. The summed E-state index contributed by atoms with van der Waals surface area (Å²) in [6.07, 6.45) is 0.0581. The molecule has 2 fully saturated rings. The largest absolute Gasteiger partial charge is 0.328 e. The molecule has 1 aliphatic heterocycles. The predicted octanol–water partition coefficient (Wildman–Crippen LogP) is 2.82. The van der Waals surface area contributed by atoms with Crippen LogP contribution in [-0.2, 0) is 14.4 Å². The van der Waals surface area contributed by atoms with E-state index >= 15 is 0 Å². The third-order valence-electron chi connectivity index (χ3n) is 6.30. The van der Waals surface area contributed by atoms with Gasteiger partial charge >= 0.3 is 6.03 Å². The molecular weight excluding hydrogens is 368 g/mol. The van der Waals surface area contributed by atoms with Gasteiger partial charge in [0, 0.05) is 24.2 Å². The van der Waals surface area contributed by atoms with E-state index in [2.05, 4.69) is 10.6 Å². The molecule has 2 aromatic rings. The number of benzene rings is 2. The number of ketones is 1. The normalized spacial score (nSPS) is 26.2. The van der Waals surface area contributed by atoms with Gasteiger partial charge in [0.1, 0.15) is 11.2 Å². The van der Waals surface area contributed by atoms with Crippen LogP contribution in [0, 0.1) is 18.3 Å². The van der Waals surface area contributed by atoms with Crippen LogP contribution in [0.2, 0.25) is 0 Å². The molecule has 0 unspecified atom stereocenters. The van der Waals surface area contributed by atoms with Crippen molar-refractivity contribution in [2.24, 2.45) is 11.3 Å². The molecule has 1 spiro atoms. The van der Waals surface area contributed by atoms with E-state index in [-0.39, 0.29) is 12.2 Å². The summed E-state index contributed by atoms with van der Waals surface area (Å²) in [6.45, 7) is 3.70. The van der Waals surface area contributed by atoms with Crippen molar-refractivity contribution >= 4 is 23.6 Å². The fraction of sp³-hybridized carbons (Fsp3) is 0.304. The quantitative estimate of drug-likeness (QED) is 0.772. The summed E-state index contributed by atoms with van der Waals surface area (Å²) in [5, 5.41) is 4.59. The van der Waals surface area contributed by atoms with Gasteiger partial charge in [-0.05, 0) is 18.1 Å². The van der Waals surface area contributed by atoms with Gasteiger partial charge in [-0.25, -0.2) is 4.79 Å². The van der Waals surface area contributed by atoms with Crippen molar-refractivity contribution in [3.8, 4) is 0 Å². The van der Waals surface area contributed by atoms with Crippen LogP contribution in [0.25, 0.3) is 0 Å². The summed E-state index contributed by atoms with van der Waals surface area (Å²) in [5.41, 5.74) is 0.893. The van der Waals surface area contributed by atoms with Crippen molar-refractivity contribution in [2.45, 2.75) is 32.1 Å². The van der Waals surface area contributed by atoms with Gasteiger partial charge in [-0.15, -0.1) is 0 Å². The first-order valence-corrected chi connectivity index (χ1v) is 9.66. The Hall–Kier alpha value is -3.28. The summed E-state index contributed by atoms with van der Waals surface area (Å²) in [4.78, 5) is 51.6. The number of urea groups is 1. The molecule has 2 aromatic carbocycles. The first kappa shape index (κ1) is 19.1. The number of hydrogen-bond acceptors (Lipinski definition) is 4. The van der Waals surface area contributed by atoms with Crippen LogP contribution in [0.1, 0.15) is 41.9 Å². The minimum atomic E-state index is -1.60. The van der Waals surface area contributed by atoms with Crippen molar-refractivity contribution in [2.75, 3.05) is 0 Å². The lowest BCUT2D eigenvalue weighted by Crippen LogP contribution is -2.68. The lowest BCUT2D eigenvalue weighted by Gasteiger charge is -2.50. The summed E-state index contributed by atoms with van der Waals surface area (Å²) in [7, 11) is 0. The molecule has 2 N–H and O–H groups in total. The van der Waals surface area contributed by atoms with Crippen LogP contribution in [-0.4, -0.2) is 23.6 Å². The number of rotatable bonds is 2. The Labute approximate surface area is 168 Å². The van der Waals surface area contributed by atoms with E-state index < -0.39 is 41.0 Å².